The number of aromatic nitrogens is 2. The number of para-hydroxylation sites is 1. The van der Waals surface area contributed by atoms with Crippen LogP contribution in [0, 0.1) is 0 Å². The Bertz CT molecular complexity index is 1340. The fourth-order valence-corrected chi connectivity index (χ4v) is 4.41. The highest BCUT2D eigenvalue weighted by atomic mass is 35.5. The normalized spacial score (nSPS) is 11.0. The summed E-state index contributed by atoms with van der Waals surface area (Å²) < 4.78 is 6.92. The molecule has 1 N–H and O–H groups in total. The SMILES string of the molecule is O=C(CCc1ncc(-c2ccc(Cl)cc2)o1)Nc1ccc(-c2nc3ccccc3s2)cc1. The summed E-state index contributed by atoms with van der Waals surface area (Å²) in [7, 11) is 0. The van der Waals surface area contributed by atoms with Crippen LogP contribution in [-0.4, -0.2) is 15.9 Å². The molecule has 0 saturated heterocycles. The molecular weight excluding hydrogens is 442 g/mol. The van der Waals surface area contributed by atoms with Crippen LogP contribution in [0.4, 0.5) is 5.69 Å². The highest BCUT2D eigenvalue weighted by molar-refractivity contribution is 7.21. The van der Waals surface area contributed by atoms with Gasteiger partial charge < -0.3 is 9.73 Å². The van der Waals surface area contributed by atoms with Crippen molar-refractivity contribution in [2.45, 2.75) is 12.8 Å². The third-order valence-electron chi connectivity index (χ3n) is 4.96. The maximum atomic E-state index is 12.4. The first kappa shape index (κ1) is 20.4. The van der Waals surface area contributed by atoms with Crippen molar-refractivity contribution in [3.05, 3.63) is 89.9 Å². The van der Waals surface area contributed by atoms with E-state index in [1.54, 1.807) is 29.7 Å². The molecule has 5 rings (SSSR count). The Balaban J connectivity index is 1.18. The number of nitrogens with zero attached hydrogens (tertiary/aromatic N) is 2. The summed E-state index contributed by atoms with van der Waals surface area (Å²) in [6.07, 6.45) is 2.36. The average molecular weight is 460 g/mol. The molecule has 2 heterocycles. The van der Waals surface area contributed by atoms with E-state index in [0.717, 1.165) is 32.0 Å². The number of amides is 1. The highest BCUT2D eigenvalue weighted by Crippen LogP contribution is 2.30. The summed E-state index contributed by atoms with van der Waals surface area (Å²) in [5, 5.41) is 4.55. The first-order chi connectivity index (χ1) is 15.6. The van der Waals surface area contributed by atoms with Crippen LogP contribution in [0.3, 0.4) is 0 Å². The molecule has 0 aliphatic rings. The largest absolute Gasteiger partial charge is 0.441 e. The van der Waals surface area contributed by atoms with Crippen molar-refractivity contribution in [1.82, 2.24) is 9.97 Å². The molecule has 7 heteroatoms. The predicted molar refractivity (Wildman–Crippen MR) is 129 cm³/mol. The third-order valence-corrected chi connectivity index (χ3v) is 6.30. The molecule has 5 nitrogen and oxygen atoms in total. The molecule has 0 fully saturated rings. The topological polar surface area (TPSA) is 68.0 Å². The molecule has 0 unspecified atom stereocenters. The van der Waals surface area contributed by atoms with Crippen LogP contribution in [0.5, 0.6) is 0 Å². The lowest BCUT2D eigenvalue weighted by atomic mass is 10.2. The highest BCUT2D eigenvalue weighted by Gasteiger charge is 2.10. The zero-order chi connectivity index (χ0) is 21.9. The lowest BCUT2D eigenvalue weighted by Gasteiger charge is -2.05. The van der Waals surface area contributed by atoms with Crippen molar-refractivity contribution in [2.24, 2.45) is 0 Å². The minimum absolute atomic E-state index is 0.0935. The number of benzene rings is 3. The Hall–Kier alpha value is -3.48. The van der Waals surface area contributed by atoms with E-state index in [0.29, 0.717) is 23.1 Å². The van der Waals surface area contributed by atoms with Crippen molar-refractivity contribution in [1.29, 1.82) is 0 Å². The molecule has 0 aliphatic carbocycles. The van der Waals surface area contributed by atoms with Crippen molar-refractivity contribution in [2.75, 3.05) is 5.32 Å². The Labute approximate surface area is 193 Å². The maximum Gasteiger partial charge on any atom is 0.224 e. The molecule has 0 aliphatic heterocycles. The first-order valence-electron chi connectivity index (χ1n) is 10.1. The summed E-state index contributed by atoms with van der Waals surface area (Å²) in [5.74, 6) is 1.09. The smallest absolute Gasteiger partial charge is 0.224 e. The van der Waals surface area contributed by atoms with Crippen molar-refractivity contribution < 1.29 is 9.21 Å². The second-order valence-corrected chi connectivity index (χ2v) is 8.70. The minimum atomic E-state index is -0.0935. The van der Waals surface area contributed by atoms with Gasteiger partial charge in [0.05, 0.1) is 16.4 Å². The van der Waals surface area contributed by atoms with Crippen LogP contribution < -0.4 is 5.32 Å². The summed E-state index contributed by atoms with van der Waals surface area (Å²) >= 11 is 7.57. The van der Waals surface area contributed by atoms with Gasteiger partial charge in [0.2, 0.25) is 5.91 Å². The standard InChI is InChI=1S/C25H18ClN3O2S/c26-18-9-5-16(6-10-18)21-15-27-24(31-21)14-13-23(30)28-19-11-7-17(8-12-19)25-29-20-3-1-2-4-22(20)32-25/h1-12,15H,13-14H2,(H,28,30). The zero-order valence-electron chi connectivity index (χ0n) is 16.9. The van der Waals surface area contributed by atoms with E-state index >= 15 is 0 Å². The monoisotopic (exact) mass is 459 g/mol. The number of rotatable bonds is 6. The van der Waals surface area contributed by atoms with Gasteiger partial charge in [0.25, 0.3) is 0 Å². The zero-order valence-corrected chi connectivity index (χ0v) is 18.5. The molecule has 0 bridgehead atoms. The number of oxazole rings is 1. The average Bonchev–Trinajstić information content (AvgIpc) is 3.46. The summed E-state index contributed by atoms with van der Waals surface area (Å²) in [5.41, 5.74) is 3.66. The number of carbonyl (C=O) groups excluding carboxylic acids is 1. The molecule has 158 valence electrons. The van der Waals surface area contributed by atoms with Crippen LogP contribution in [0.1, 0.15) is 12.3 Å². The molecule has 3 aromatic carbocycles. The second-order valence-electron chi connectivity index (χ2n) is 7.24. The van der Waals surface area contributed by atoms with E-state index in [4.69, 9.17) is 16.0 Å². The number of nitrogens with one attached hydrogen (secondary N) is 1. The molecular formula is C25H18ClN3O2S. The Morgan fingerprint density at radius 3 is 2.50 bits per heavy atom. The first-order valence-corrected chi connectivity index (χ1v) is 11.3. The van der Waals surface area contributed by atoms with E-state index in [1.807, 2.05) is 54.6 Å². The van der Waals surface area contributed by atoms with Gasteiger partial charge in [0.1, 0.15) is 5.01 Å². The Morgan fingerprint density at radius 1 is 0.969 bits per heavy atom. The van der Waals surface area contributed by atoms with Gasteiger partial charge >= 0.3 is 0 Å². The molecule has 32 heavy (non-hydrogen) atoms. The van der Waals surface area contributed by atoms with Gasteiger partial charge in [-0.2, -0.15) is 0 Å². The summed E-state index contributed by atoms with van der Waals surface area (Å²) in [6, 6.07) is 23.2. The number of halogens is 1. The van der Waals surface area contributed by atoms with Gasteiger partial charge in [-0.05, 0) is 60.7 Å². The number of aryl methyl sites for hydroxylation is 1. The second kappa shape index (κ2) is 8.94. The Kier molecular flexibility index (Phi) is 5.71. The third kappa shape index (κ3) is 4.56. The number of carbonyl (C=O) groups is 1. The summed E-state index contributed by atoms with van der Waals surface area (Å²) in [4.78, 5) is 21.3. The maximum absolute atomic E-state index is 12.4. The van der Waals surface area contributed by atoms with Crippen LogP contribution in [0.15, 0.2) is 83.4 Å². The van der Waals surface area contributed by atoms with Crippen LogP contribution in [0.2, 0.25) is 5.02 Å². The molecule has 0 saturated carbocycles. The molecule has 1 amide bonds. The Morgan fingerprint density at radius 2 is 1.72 bits per heavy atom. The van der Waals surface area contributed by atoms with Gasteiger partial charge in [0.15, 0.2) is 11.7 Å². The quantitative estimate of drug-likeness (QED) is 0.301. The molecule has 5 aromatic rings. The van der Waals surface area contributed by atoms with Gasteiger partial charge in [-0.1, -0.05) is 23.7 Å². The van der Waals surface area contributed by atoms with Crippen molar-refractivity contribution >= 4 is 44.7 Å². The number of thiazole rings is 1. The van der Waals surface area contributed by atoms with Crippen LogP contribution in [0.25, 0.3) is 32.1 Å². The van der Waals surface area contributed by atoms with Crippen molar-refractivity contribution in [3.8, 4) is 21.9 Å². The fraction of sp³-hybridized carbons (Fsp3) is 0.0800. The minimum Gasteiger partial charge on any atom is -0.441 e. The molecule has 0 radical (unpaired) electrons. The fourth-order valence-electron chi connectivity index (χ4n) is 3.31. The lowest BCUT2D eigenvalue weighted by molar-refractivity contribution is -0.116. The molecule has 0 atom stereocenters. The van der Waals surface area contributed by atoms with Crippen LogP contribution in [-0.2, 0) is 11.2 Å². The van der Waals surface area contributed by atoms with E-state index in [2.05, 4.69) is 21.4 Å². The number of fused-ring (bicyclic) bond motifs is 1. The lowest BCUT2D eigenvalue weighted by Crippen LogP contribution is -2.12. The van der Waals surface area contributed by atoms with E-state index in [9.17, 15) is 4.79 Å². The van der Waals surface area contributed by atoms with Crippen LogP contribution >= 0.6 is 22.9 Å². The molecule has 0 spiro atoms. The van der Waals surface area contributed by atoms with Crippen molar-refractivity contribution in [3.63, 3.8) is 0 Å². The van der Waals surface area contributed by atoms with Gasteiger partial charge in [-0.15, -0.1) is 11.3 Å². The number of hydrogen-bond acceptors (Lipinski definition) is 5. The number of hydrogen-bond donors (Lipinski definition) is 1. The van der Waals surface area contributed by atoms with E-state index in [-0.39, 0.29) is 12.3 Å². The molecule has 2 aromatic heterocycles. The van der Waals surface area contributed by atoms with E-state index in [1.165, 1.54) is 0 Å². The number of anilines is 1. The summed E-state index contributed by atoms with van der Waals surface area (Å²) in [6.45, 7) is 0. The predicted octanol–water partition coefficient (Wildman–Crippen LogP) is 6.84. The van der Waals surface area contributed by atoms with E-state index < -0.39 is 0 Å². The van der Waals surface area contributed by atoms with Gasteiger partial charge in [-0.3, -0.25) is 4.79 Å². The van der Waals surface area contributed by atoms with Gasteiger partial charge in [0, 0.05) is 34.7 Å². The van der Waals surface area contributed by atoms with Gasteiger partial charge in [-0.25, -0.2) is 9.97 Å².